The highest BCUT2D eigenvalue weighted by molar-refractivity contribution is 7.61. The molecule has 2 saturated heterocycles. The van der Waals surface area contributed by atoms with Crippen LogP contribution in [0.1, 0.15) is 161 Å². The van der Waals surface area contributed by atoms with E-state index in [9.17, 15) is 63.6 Å². The monoisotopic (exact) mass is 1070 g/mol. The number of allylic oxidation sites excluding steroid dienone is 2. The van der Waals surface area contributed by atoms with Gasteiger partial charge >= 0.3 is 33.3 Å². The minimum atomic E-state index is -5.75. The molecule has 12 atom stereocenters. The SMILES string of the molecule is CCCCCC/C=C\CCCCCCCC(=O)OC[C@@H]1COP(=O)(O)OP(=O)(O)OC[C@H]2O[C@@H](n3ccc(N)nc3=O)[C@@H](CC(=O)CCCCC(=O)O1)[C@@H](O)C[C@@H](O)[C@H](/C=C\[C@@H](O)CCCCC)[C@H](O)[C@@H]2O. The predicted octanol–water partition coefficient (Wildman–Crippen LogP) is 5.78. The van der Waals surface area contributed by atoms with Crippen LogP contribution in [-0.2, 0) is 51.1 Å². The number of nitrogens with zero attached hydrogens (tertiary/aromatic N) is 2. The van der Waals surface area contributed by atoms with Gasteiger partial charge in [-0.25, -0.2) is 13.9 Å². The zero-order chi connectivity index (χ0) is 53.1. The van der Waals surface area contributed by atoms with Crippen LogP contribution in [0.4, 0.5) is 5.82 Å². The Balaban J connectivity index is 1.84. The number of Topliss-reactive ketones (excluding diaryl/α,β-unsaturated/α-hetero) is 1. The summed E-state index contributed by atoms with van der Waals surface area (Å²) in [6.45, 7) is 1.29. The molecule has 0 aromatic carbocycles. The molecule has 2 unspecified atom stereocenters. The third-order valence-electron chi connectivity index (χ3n) is 12.5. The Morgan fingerprint density at radius 3 is 2.17 bits per heavy atom. The van der Waals surface area contributed by atoms with Gasteiger partial charge in [0, 0.05) is 50.1 Å². The number of cyclic esters (lactones) is 1. The van der Waals surface area contributed by atoms with Crippen LogP contribution in [0.5, 0.6) is 0 Å². The molecule has 0 radical (unpaired) electrons. The van der Waals surface area contributed by atoms with Crippen molar-refractivity contribution in [2.24, 2.45) is 11.8 Å². The number of nitrogens with two attached hydrogens (primary N) is 1. The van der Waals surface area contributed by atoms with E-state index in [4.69, 9.17) is 29.0 Å². The number of unbranched alkanes of at least 4 members (excludes halogenated alkanes) is 11. The molecule has 0 amide bonds. The smallest absolute Gasteiger partial charge is 0.462 e. The predicted molar refractivity (Wildman–Crippen MR) is 264 cm³/mol. The maximum absolute atomic E-state index is 13.7. The van der Waals surface area contributed by atoms with Gasteiger partial charge in [0.25, 0.3) is 0 Å². The van der Waals surface area contributed by atoms with Crippen molar-refractivity contribution in [1.82, 2.24) is 9.55 Å². The number of hydrogen-bond acceptors (Lipinski definition) is 19. The molecular weight excluding hydrogens is 984 g/mol. The van der Waals surface area contributed by atoms with Gasteiger partial charge < -0.3 is 55.3 Å². The van der Waals surface area contributed by atoms with E-state index < -0.39 is 133 Å². The van der Waals surface area contributed by atoms with Crippen LogP contribution in [0.15, 0.2) is 41.4 Å². The number of rotatable bonds is 22. The number of fused-ring (bicyclic) bond motifs is 3. The van der Waals surface area contributed by atoms with Gasteiger partial charge in [-0.1, -0.05) is 95.9 Å². The number of nitrogen functional groups attached to an aromatic ring is 1. The number of anilines is 1. The van der Waals surface area contributed by atoms with Crippen LogP contribution in [0.25, 0.3) is 0 Å². The number of phosphoric ester groups is 2. The number of hydrogen-bond donors (Lipinski definition) is 8. The van der Waals surface area contributed by atoms with E-state index in [1.165, 1.54) is 43.9 Å². The number of aliphatic hydroxyl groups is 5. The van der Waals surface area contributed by atoms with E-state index in [0.29, 0.717) is 19.3 Å². The topological polar surface area (TPSA) is 343 Å². The van der Waals surface area contributed by atoms with Crippen molar-refractivity contribution in [2.75, 3.05) is 25.6 Å². The zero-order valence-electron chi connectivity index (χ0n) is 41.8. The molecule has 24 heteroatoms. The lowest BCUT2D eigenvalue weighted by Crippen LogP contribution is -2.52. The molecular formula is C48H81N3O19P2. The number of ketones is 1. The van der Waals surface area contributed by atoms with Gasteiger partial charge in [0.15, 0.2) is 6.10 Å². The first-order chi connectivity index (χ1) is 34.3. The molecule has 22 nitrogen and oxygen atoms in total. The maximum Gasteiger partial charge on any atom is 0.481 e. The minimum absolute atomic E-state index is 0.0444. The lowest BCUT2D eigenvalue weighted by molar-refractivity contribution is -0.196. The molecule has 0 aliphatic carbocycles. The van der Waals surface area contributed by atoms with Crippen molar-refractivity contribution in [2.45, 2.75) is 204 Å². The molecule has 0 saturated carbocycles. The van der Waals surface area contributed by atoms with Crippen LogP contribution in [0.2, 0.25) is 0 Å². The highest BCUT2D eigenvalue weighted by atomic mass is 31.3. The Bertz CT molecular complexity index is 1990. The molecule has 2 aliphatic rings. The highest BCUT2D eigenvalue weighted by Crippen LogP contribution is 2.60. The summed E-state index contributed by atoms with van der Waals surface area (Å²) in [5, 5.41) is 57.4. The number of aliphatic hydroxyl groups excluding tert-OH is 5. The summed E-state index contributed by atoms with van der Waals surface area (Å²) < 4.78 is 58.6. The van der Waals surface area contributed by atoms with Crippen molar-refractivity contribution in [3.05, 3.63) is 47.1 Å². The molecule has 412 valence electrons. The van der Waals surface area contributed by atoms with Gasteiger partial charge in [-0.15, -0.1) is 0 Å². The lowest BCUT2D eigenvalue weighted by atomic mass is 9.82. The molecule has 3 heterocycles. The maximum atomic E-state index is 13.7. The third kappa shape index (κ3) is 24.4. The fraction of sp³-hybridized carbons (Fsp3) is 0.771. The molecule has 72 heavy (non-hydrogen) atoms. The summed E-state index contributed by atoms with van der Waals surface area (Å²) in [5.41, 5.74) is 4.66. The molecule has 3 rings (SSSR count). The van der Waals surface area contributed by atoms with Crippen molar-refractivity contribution in [3.8, 4) is 0 Å². The van der Waals surface area contributed by atoms with Gasteiger partial charge in [0.2, 0.25) is 0 Å². The average molecular weight is 1070 g/mol. The Kier molecular flexibility index (Phi) is 29.5. The molecule has 1 aromatic rings. The van der Waals surface area contributed by atoms with Crippen LogP contribution in [-0.4, -0.2) is 125 Å². The number of esters is 2. The van der Waals surface area contributed by atoms with Crippen LogP contribution in [0, 0.1) is 11.8 Å². The quantitative estimate of drug-likeness (QED) is 0.0295. The van der Waals surface area contributed by atoms with Crippen molar-refractivity contribution in [1.29, 1.82) is 0 Å². The van der Waals surface area contributed by atoms with E-state index in [1.54, 1.807) is 0 Å². The van der Waals surface area contributed by atoms with Crippen LogP contribution < -0.4 is 11.4 Å². The summed E-state index contributed by atoms with van der Waals surface area (Å²) in [5.74, 6) is -5.18. The van der Waals surface area contributed by atoms with Gasteiger partial charge in [-0.3, -0.25) is 28.0 Å². The molecule has 0 spiro atoms. The Morgan fingerprint density at radius 2 is 1.49 bits per heavy atom. The van der Waals surface area contributed by atoms with E-state index >= 15 is 0 Å². The summed E-state index contributed by atoms with van der Waals surface area (Å²) >= 11 is 0. The average Bonchev–Trinajstić information content (AvgIpc) is 3.31. The largest absolute Gasteiger partial charge is 0.481 e. The van der Waals surface area contributed by atoms with Gasteiger partial charge in [-0.2, -0.15) is 9.29 Å². The van der Waals surface area contributed by atoms with Gasteiger partial charge in [0.05, 0.1) is 37.6 Å². The van der Waals surface area contributed by atoms with E-state index in [-0.39, 0.29) is 37.9 Å². The Morgan fingerprint density at radius 1 is 0.861 bits per heavy atom. The van der Waals surface area contributed by atoms with E-state index in [1.807, 2.05) is 6.92 Å². The fourth-order valence-corrected chi connectivity index (χ4v) is 10.5. The fourth-order valence-electron chi connectivity index (χ4n) is 8.35. The van der Waals surface area contributed by atoms with Crippen LogP contribution >= 0.6 is 15.6 Å². The van der Waals surface area contributed by atoms with E-state index in [2.05, 4.69) is 28.4 Å². The highest BCUT2D eigenvalue weighted by Gasteiger charge is 2.45. The Labute approximate surface area is 422 Å². The normalized spacial score (nSPS) is 30.5. The number of aromatic nitrogens is 2. The first kappa shape index (κ1) is 63.1. The molecule has 2 bridgehead atoms. The van der Waals surface area contributed by atoms with Gasteiger partial charge in [-0.05, 0) is 57.4 Å². The summed E-state index contributed by atoms with van der Waals surface area (Å²) in [6.07, 6.45) is 6.52. The van der Waals surface area contributed by atoms with Crippen molar-refractivity contribution >= 4 is 39.2 Å². The standard InChI is InChI=1S/C48H81N3O19P2/c1-3-5-7-8-9-10-11-12-13-14-15-16-18-23-43(56)65-31-36-32-66-71(61,62)70-72(63,64)67-33-41-46(59)45(58)37(26-25-34(52)21-17-6-4-2)39(54)30-40(55)38(29-35(53)22-19-20-24-44(57)68-36)47(69-41)51-28-27-42(49)50-48(51)60/h10-11,25-28,34,36-41,45-47,52,54-55,58-59H,3-9,12-24,29-33H2,1-2H3,(H,61,62)(H,63,64)(H2,49,50,60)/b11-10-,26-25-/t34-,36+,37-,38-,39+,40-,41+,45-,46+,47+/m0/s1. The summed E-state index contributed by atoms with van der Waals surface area (Å²) in [7, 11) is -11.4. The third-order valence-corrected chi connectivity index (χ3v) is 15.1. The second-order valence-electron chi connectivity index (χ2n) is 18.6. The molecule has 1 aromatic heterocycles. The second-order valence-corrected chi connectivity index (χ2v) is 21.7. The number of phosphoric acid groups is 2. The summed E-state index contributed by atoms with van der Waals surface area (Å²) in [4.78, 5) is 77.7. The second kappa shape index (κ2) is 33.7. The van der Waals surface area contributed by atoms with Crippen molar-refractivity contribution < 1.29 is 86.4 Å². The number of carbonyl (C=O) groups is 3. The number of carbonyl (C=O) groups excluding carboxylic acids is 3. The lowest BCUT2D eigenvalue weighted by Gasteiger charge is -2.40. The molecule has 2 aliphatic heterocycles. The van der Waals surface area contributed by atoms with Crippen LogP contribution in [0.3, 0.4) is 0 Å². The molecule has 9 N–H and O–H groups in total. The van der Waals surface area contributed by atoms with Crippen molar-refractivity contribution in [3.63, 3.8) is 0 Å². The summed E-state index contributed by atoms with van der Waals surface area (Å²) in [6, 6.07) is 1.18. The first-order valence-corrected chi connectivity index (χ1v) is 28.5. The molecule has 2 fully saturated rings. The zero-order valence-corrected chi connectivity index (χ0v) is 43.6. The van der Waals surface area contributed by atoms with Gasteiger partial charge in [0.1, 0.15) is 36.6 Å². The van der Waals surface area contributed by atoms with E-state index in [0.717, 1.165) is 62.1 Å². The first-order valence-electron chi connectivity index (χ1n) is 25.5. The minimum Gasteiger partial charge on any atom is -0.462 e. The number of ether oxygens (including phenoxy) is 3. The Hall–Kier alpha value is -3.21.